The minimum absolute atomic E-state index is 0.159. The van der Waals surface area contributed by atoms with Gasteiger partial charge in [-0.05, 0) is 42.2 Å². The lowest BCUT2D eigenvalue weighted by molar-refractivity contribution is -0.139. The molecule has 1 unspecified atom stereocenters. The lowest BCUT2D eigenvalue weighted by Crippen LogP contribution is -2.38. The molecule has 1 heterocycles. The molecule has 126 valence electrons. The highest BCUT2D eigenvalue weighted by atomic mass is 32.2. The van der Waals surface area contributed by atoms with Gasteiger partial charge in [0.1, 0.15) is 0 Å². The predicted molar refractivity (Wildman–Crippen MR) is 91.8 cm³/mol. The summed E-state index contributed by atoms with van der Waals surface area (Å²) in [6, 6.07) is 13.7. The molecule has 1 atom stereocenters. The fourth-order valence-electron chi connectivity index (χ4n) is 3.09. The quantitative estimate of drug-likeness (QED) is 0.924. The van der Waals surface area contributed by atoms with Gasteiger partial charge in [0.25, 0.3) is 10.0 Å². The molecule has 0 bridgehead atoms. The summed E-state index contributed by atoms with van der Waals surface area (Å²) in [6.07, 6.45) is 1.01. The van der Waals surface area contributed by atoms with Crippen LogP contribution in [0.4, 0.5) is 5.69 Å². The molecular weight excluding hydrogens is 326 g/mol. The Morgan fingerprint density at radius 3 is 2.67 bits per heavy atom. The zero-order valence-electron chi connectivity index (χ0n) is 13.3. The molecule has 6 heteroatoms. The average molecular weight is 345 g/mol. The number of sulfonamides is 1. The van der Waals surface area contributed by atoms with Crippen molar-refractivity contribution in [3.8, 4) is 0 Å². The minimum Gasteiger partial charge on any atom is -0.481 e. The van der Waals surface area contributed by atoms with Gasteiger partial charge in [0.2, 0.25) is 0 Å². The number of anilines is 1. The van der Waals surface area contributed by atoms with E-state index in [0.29, 0.717) is 11.3 Å². The molecule has 0 amide bonds. The number of carboxylic acid groups (broad SMARTS) is 1. The van der Waals surface area contributed by atoms with Crippen molar-refractivity contribution in [1.29, 1.82) is 0 Å². The highest BCUT2D eigenvalue weighted by molar-refractivity contribution is 7.92. The number of carbonyl (C=O) groups is 1. The standard InChI is InChI=1S/C18H19NO4S/c1-2-13-6-5-7-14(12-13)24(22,23)19-11-10-16(18(20)21)15-8-3-4-9-17(15)19/h3-9,12,16H,2,10-11H2,1H3,(H,20,21). The molecule has 24 heavy (non-hydrogen) atoms. The van der Waals surface area contributed by atoms with Crippen LogP contribution in [0.2, 0.25) is 0 Å². The maximum absolute atomic E-state index is 13.1. The van der Waals surface area contributed by atoms with Crippen molar-refractivity contribution in [1.82, 2.24) is 0 Å². The molecule has 1 aliphatic rings. The molecule has 1 aliphatic heterocycles. The summed E-state index contributed by atoms with van der Waals surface area (Å²) in [4.78, 5) is 11.7. The van der Waals surface area contributed by atoms with Gasteiger partial charge in [-0.25, -0.2) is 8.42 Å². The van der Waals surface area contributed by atoms with Gasteiger partial charge in [-0.15, -0.1) is 0 Å². The largest absolute Gasteiger partial charge is 0.481 e. The smallest absolute Gasteiger partial charge is 0.311 e. The molecule has 5 nitrogen and oxygen atoms in total. The number of carboxylic acids is 1. The van der Waals surface area contributed by atoms with E-state index in [1.165, 1.54) is 4.31 Å². The van der Waals surface area contributed by atoms with E-state index < -0.39 is 21.9 Å². The summed E-state index contributed by atoms with van der Waals surface area (Å²) in [5.41, 5.74) is 1.95. The first-order chi connectivity index (χ1) is 11.4. The number of benzene rings is 2. The molecule has 0 radical (unpaired) electrons. The summed E-state index contributed by atoms with van der Waals surface area (Å²) in [5.74, 6) is -1.60. The van der Waals surface area contributed by atoms with Crippen molar-refractivity contribution in [2.45, 2.75) is 30.6 Å². The van der Waals surface area contributed by atoms with Gasteiger partial charge in [-0.2, -0.15) is 0 Å². The highest BCUT2D eigenvalue weighted by Crippen LogP contribution is 2.38. The van der Waals surface area contributed by atoms with Gasteiger partial charge in [-0.3, -0.25) is 9.10 Å². The zero-order chi connectivity index (χ0) is 17.3. The van der Waals surface area contributed by atoms with E-state index >= 15 is 0 Å². The van der Waals surface area contributed by atoms with Gasteiger partial charge >= 0.3 is 5.97 Å². The number of hydrogen-bond acceptors (Lipinski definition) is 3. The maximum Gasteiger partial charge on any atom is 0.311 e. The lowest BCUT2D eigenvalue weighted by atomic mass is 9.91. The molecule has 0 saturated carbocycles. The van der Waals surface area contributed by atoms with Crippen LogP contribution in [0.1, 0.15) is 30.4 Å². The van der Waals surface area contributed by atoms with E-state index in [9.17, 15) is 18.3 Å². The third-order valence-electron chi connectivity index (χ3n) is 4.39. The van der Waals surface area contributed by atoms with Crippen molar-refractivity contribution in [2.75, 3.05) is 10.8 Å². The molecule has 0 fully saturated rings. The number of hydrogen-bond donors (Lipinski definition) is 1. The second-order valence-corrected chi connectivity index (χ2v) is 7.68. The van der Waals surface area contributed by atoms with Crippen LogP contribution < -0.4 is 4.31 Å². The minimum atomic E-state index is -3.72. The number of rotatable bonds is 4. The van der Waals surface area contributed by atoms with E-state index in [0.717, 1.165) is 12.0 Å². The average Bonchev–Trinajstić information content (AvgIpc) is 2.60. The molecule has 0 spiro atoms. The van der Waals surface area contributed by atoms with Crippen molar-refractivity contribution in [3.63, 3.8) is 0 Å². The zero-order valence-corrected chi connectivity index (χ0v) is 14.2. The van der Waals surface area contributed by atoms with Crippen LogP contribution in [0.25, 0.3) is 0 Å². The van der Waals surface area contributed by atoms with Gasteiger partial charge in [-0.1, -0.05) is 37.3 Å². The third kappa shape index (κ3) is 2.78. The Kier molecular flexibility index (Phi) is 4.32. The summed E-state index contributed by atoms with van der Waals surface area (Å²) in [7, 11) is -3.72. The predicted octanol–water partition coefficient (Wildman–Crippen LogP) is 3.02. The number of aliphatic carboxylic acids is 1. The van der Waals surface area contributed by atoms with Crippen molar-refractivity contribution in [3.05, 3.63) is 59.7 Å². The summed E-state index contributed by atoms with van der Waals surface area (Å²) in [5, 5.41) is 9.39. The normalized spacial score (nSPS) is 17.4. The summed E-state index contributed by atoms with van der Waals surface area (Å²) in [6.45, 7) is 2.13. The molecule has 1 N–H and O–H groups in total. The first-order valence-corrected chi connectivity index (χ1v) is 9.32. The van der Waals surface area contributed by atoms with Crippen LogP contribution in [0.5, 0.6) is 0 Å². The maximum atomic E-state index is 13.1. The van der Waals surface area contributed by atoms with Crippen LogP contribution >= 0.6 is 0 Å². The van der Waals surface area contributed by atoms with E-state index in [1.54, 1.807) is 42.5 Å². The highest BCUT2D eigenvalue weighted by Gasteiger charge is 2.35. The molecule has 0 saturated heterocycles. The fourth-order valence-corrected chi connectivity index (χ4v) is 4.67. The van der Waals surface area contributed by atoms with Crippen molar-refractivity contribution >= 4 is 21.7 Å². The number of para-hydroxylation sites is 1. The van der Waals surface area contributed by atoms with Gasteiger partial charge in [0, 0.05) is 6.54 Å². The lowest BCUT2D eigenvalue weighted by Gasteiger charge is -2.33. The molecule has 0 aromatic heterocycles. The van der Waals surface area contributed by atoms with Crippen molar-refractivity contribution in [2.24, 2.45) is 0 Å². The Morgan fingerprint density at radius 2 is 1.96 bits per heavy atom. The molecule has 2 aromatic carbocycles. The second-order valence-electron chi connectivity index (χ2n) is 5.82. The monoisotopic (exact) mass is 345 g/mol. The van der Waals surface area contributed by atoms with Crippen molar-refractivity contribution < 1.29 is 18.3 Å². The topological polar surface area (TPSA) is 74.7 Å². The Balaban J connectivity index is 2.08. The summed E-state index contributed by atoms with van der Waals surface area (Å²) < 4.78 is 27.5. The molecular formula is C18H19NO4S. The van der Waals surface area contributed by atoms with E-state index in [4.69, 9.17) is 0 Å². The van der Waals surface area contributed by atoms with Crippen LogP contribution in [0.3, 0.4) is 0 Å². The van der Waals surface area contributed by atoms with Gasteiger partial charge < -0.3 is 5.11 Å². The van der Waals surface area contributed by atoms with E-state index in [-0.39, 0.29) is 17.9 Å². The number of fused-ring (bicyclic) bond motifs is 1. The number of aryl methyl sites for hydroxylation is 1. The van der Waals surface area contributed by atoms with Crippen LogP contribution in [0.15, 0.2) is 53.4 Å². The van der Waals surface area contributed by atoms with Gasteiger partial charge in [0.15, 0.2) is 0 Å². The Morgan fingerprint density at radius 1 is 1.21 bits per heavy atom. The van der Waals surface area contributed by atoms with Crippen LogP contribution in [-0.2, 0) is 21.2 Å². The Hall–Kier alpha value is -2.34. The van der Waals surface area contributed by atoms with E-state index in [1.807, 2.05) is 13.0 Å². The Labute approximate surface area is 141 Å². The third-order valence-corrected chi connectivity index (χ3v) is 6.20. The second kappa shape index (κ2) is 6.28. The Bertz CT molecular complexity index is 876. The number of nitrogens with zero attached hydrogens (tertiary/aromatic N) is 1. The van der Waals surface area contributed by atoms with Crippen LogP contribution in [-0.4, -0.2) is 26.0 Å². The molecule has 3 rings (SSSR count). The first-order valence-electron chi connectivity index (χ1n) is 7.88. The first kappa shape index (κ1) is 16.5. The fraction of sp³-hybridized carbons (Fsp3) is 0.278. The van der Waals surface area contributed by atoms with Gasteiger partial charge in [0.05, 0.1) is 16.5 Å². The molecule has 2 aromatic rings. The van der Waals surface area contributed by atoms with E-state index in [2.05, 4.69) is 0 Å². The molecule has 0 aliphatic carbocycles. The summed E-state index contributed by atoms with van der Waals surface area (Å²) >= 11 is 0. The SMILES string of the molecule is CCc1cccc(S(=O)(=O)N2CCC(C(=O)O)c3ccccc32)c1. The van der Waals surface area contributed by atoms with Crippen LogP contribution in [0, 0.1) is 0 Å².